The van der Waals surface area contributed by atoms with E-state index >= 15 is 0 Å². The van der Waals surface area contributed by atoms with Crippen molar-refractivity contribution in [1.29, 1.82) is 0 Å². The van der Waals surface area contributed by atoms with E-state index in [0.717, 1.165) is 51.9 Å². The zero-order chi connectivity index (χ0) is 14.8. The molecular weight excluding hydrogens is 348 g/mol. The summed E-state index contributed by atoms with van der Waals surface area (Å²) in [7, 11) is 0. The number of nitrogens with one attached hydrogen (secondary N) is 1. The number of nitrogens with zero attached hydrogens (tertiary/aromatic N) is 1. The molecule has 0 radical (unpaired) electrons. The third-order valence-corrected chi connectivity index (χ3v) is 4.73. The molecule has 0 aromatic heterocycles. The SMILES string of the molecule is Cl.Cl.Fc1cc(F)c(F)c([C@H](C2CCCC2)N2CCNCC2)c1. The molecule has 0 amide bonds. The summed E-state index contributed by atoms with van der Waals surface area (Å²) in [4.78, 5) is 2.18. The van der Waals surface area contributed by atoms with Crippen LogP contribution in [0, 0.1) is 23.4 Å². The summed E-state index contributed by atoms with van der Waals surface area (Å²) in [5.41, 5.74) is 0.196. The number of benzene rings is 1. The lowest BCUT2D eigenvalue weighted by molar-refractivity contribution is 0.121. The first-order valence-electron chi connectivity index (χ1n) is 7.76. The van der Waals surface area contributed by atoms with Crippen LogP contribution in [0.2, 0.25) is 0 Å². The molecule has 1 heterocycles. The van der Waals surface area contributed by atoms with Gasteiger partial charge in [-0.15, -0.1) is 24.8 Å². The molecule has 1 saturated heterocycles. The lowest BCUT2D eigenvalue weighted by Crippen LogP contribution is -2.47. The van der Waals surface area contributed by atoms with Crippen molar-refractivity contribution in [3.63, 3.8) is 0 Å². The number of halogens is 5. The van der Waals surface area contributed by atoms with Crippen LogP contribution in [-0.4, -0.2) is 31.1 Å². The fraction of sp³-hybridized carbons (Fsp3) is 0.625. The highest BCUT2D eigenvalue weighted by atomic mass is 35.5. The van der Waals surface area contributed by atoms with Gasteiger partial charge >= 0.3 is 0 Å². The Morgan fingerprint density at radius 2 is 1.61 bits per heavy atom. The maximum atomic E-state index is 14.3. The Morgan fingerprint density at radius 1 is 1.00 bits per heavy atom. The molecule has 1 atom stereocenters. The van der Waals surface area contributed by atoms with Crippen LogP contribution in [0.15, 0.2) is 12.1 Å². The topological polar surface area (TPSA) is 15.3 Å². The number of hydrogen-bond donors (Lipinski definition) is 1. The highest BCUT2D eigenvalue weighted by molar-refractivity contribution is 5.85. The van der Waals surface area contributed by atoms with Crippen LogP contribution in [0.4, 0.5) is 13.2 Å². The number of piperazine rings is 1. The van der Waals surface area contributed by atoms with Crippen molar-refractivity contribution < 1.29 is 13.2 Å². The van der Waals surface area contributed by atoms with Crippen molar-refractivity contribution in [2.45, 2.75) is 31.7 Å². The van der Waals surface area contributed by atoms with Crippen LogP contribution >= 0.6 is 24.8 Å². The Bertz CT molecular complexity index is 504. The molecule has 1 aromatic rings. The van der Waals surface area contributed by atoms with E-state index in [1.807, 2.05) is 0 Å². The Balaban J connectivity index is 0.00000132. The molecular formula is C16H23Cl2F3N2. The third-order valence-electron chi connectivity index (χ3n) is 4.73. The molecule has 1 N–H and O–H groups in total. The zero-order valence-corrected chi connectivity index (χ0v) is 14.5. The van der Waals surface area contributed by atoms with E-state index in [-0.39, 0.29) is 36.4 Å². The highest BCUT2D eigenvalue weighted by Gasteiger charge is 2.34. The van der Waals surface area contributed by atoms with E-state index < -0.39 is 17.5 Å². The summed E-state index contributed by atoms with van der Waals surface area (Å²) in [6.07, 6.45) is 4.25. The van der Waals surface area contributed by atoms with E-state index in [1.54, 1.807) is 0 Å². The Labute approximate surface area is 147 Å². The van der Waals surface area contributed by atoms with Gasteiger partial charge in [-0.05, 0) is 24.8 Å². The summed E-state index contributed by atoms with van der Waals surface area (Å²) in [6, 6.07) is 1.60. The number of hydrogen-bond acceptors (Lipinski definition) is 2. The quantitative estimate of drug-likeness (QED) is 0.806. The van der Waals surface area contributed by atoms with Gasteiger partial charge in [0.05, 0.1) is 0 Å². The van der Waals surface area contributed by atoms with Gasteiger partial charge in [0.1, 0.15) is 5.82 Å². The monoisotopic (exact) mass is 370 g/mol. The maximum absolute atomic E-state index is 14.3. The second-order valence-corrected chi connectivity index (χ2v) is 6.07. The smallest absolute Gasteiger partial charge is 0.163 e. The van der Waals surface area contributed by atoms with E-state index in [2.05, 4.69) is 10.2 Å². The molecule has 7 heteroatoms. The predicted molar refractivity (Wildman–Crippen MR) is 90.0 cm³/mol. The van der Waals surface area contributed by atoms with Gasteiger partial charge in [-0.1, -0.05) is 12.8 Å². The molecule has 1 aliphatic carbocycles. The van der Waals surface area contributed by atoms with Crippen LogP contribution < -0.4 is 5.32 Å². The maximum Gasteiger partial charge on any atom is 0.163 e. The molecule has 2 nitrogen and oxygen atoms in total. The molecule has 3 rings (SSSR count). The van der Waals surface area contributed by atoms with Crippen molar-refractivity contribution >= 4 is 24.8 Å². The average molecular weight is 371 g/mol. The molecule has 0 bridgehead atoms. The van der Waals surface area contributed by atoms with Gasteiger partial charge in [0.25, 0.3) is 0 Å². The molecule has 1 aliphatic heterocycles. The van der Waals surface area contributed by atoms with Crippen LogP contribution in [0.3, 0.4) is 0 Å². The average Bonchev–Trinajstić information content (AvgIpc) is 2.99. The minimum absolute atomic E-state index is 0. The first-order valence-corrected chi connectivity index (χ1v) is 7.76. The fourth-order valence-corrected chi connectivity index (χ4v) is 3.77. The van der Waals surface area contributed by atoms with Crippen molar-refractivity contribution in [2.75, 3.05) is 26.2 Å². The Kier molecular flexibility index (Phi) is 8.14. The molecule has 132 valence electrons. The van der Waals surface area contributed by atoms with Gasteiger partial charge in [0, 0.05) is 43.9 Å². The summed E-state index contributed by atoms with van der Waals surface area (Å²) in [6.45, 7) is 3.25. The van der Waals surface area contributed by atoms with E-state index in [1.165, 1.54) is 6.07 Å². The lowest BCUT2D eigenvalue weighted by atomic mass is 9.89. The lowest BCUT2D eigenvalue weighted by Gasteiger charge is -2.38. The molecule has 1 saturated carbocycles. The van der Waals surface area contributed by atoms with Gasteiger partial charge in [0.15, 0.2) is 11.6 Å². The molecule has 2 aliphatic rings. The normalized spacial score (nSPS) is 20.7. The molecule has 1 aromatic carbocycles. The van der Waals surface area contributed by atoms with Gasteiger partial charge in [-0.3, -0.25) is 4.90 Å². The van der Waals surface area contributed by atoms with E-state index in [9.17, 15) is 13.2 Å². The summed E-state index contributed by atoms with van der Waals surface area (Å²) in [5, 5.41) is 3.27. The van der Waals surface area contributed by atoms with E-state index in [0.29, 0.717) is 12.0 Å². The highest BCUT2D eigenvalue weighted by Crippen LogP contribution is 2.41. The molecule has 0 unspecified atom stereocenters. The Hall–Kier alpha value is -0.490. The van der Waals surface area contributed by atoms with Gasteiger partial charge in [0.2, 0.25) is 0 Å². The van der Waals surface area contributed by atoms with Crippen molar-refractivity contribution in [3.05, 3.63) is 35.1 Å². The molecule has 23 heavy (non-hydrogen) atoms. The minimum Gasteiger partial charge on any atom is -0.314 e. The standard InChI is InChI=1S/C16H21F3N2.2ClH/c17-12-9-13(15(19)14(18)10-12)16(11-3-1-2-4-11)21-7-5-20-6-8-21;;/h9-11,16,20H,1-8H2;2*1H/t16-;;/m0../s1. The number of rotatable bonds is 3. The second kappa shape index (κ2) is 9.11. The largest absolute Gasteiger partial charge is 0.314 e. The molecule has 2 fully saturated rings. The third kappa shape index (κ3) is 4.53. The summed E-state index contributed by atoms with van der Waals surface area (Å²) >= 11 is 0. The van der Waals surface area contributed by atoms with Crippen LogP contribution in [0.1, 0.15) is 37.3 Å². The van der Waals surface area contributed by atoms with Gasteiger partial charge < -0.3 is 5.32 Å². The van der Waals surface area contributed by atoms with Crippen molar-refractivity contribution in [1.82, 2.24) is 10.2 Å². The Morgan fingerprint density at radius 3 is 2.22 bits per heavy atom. The second-order valence-electron chi connectivity index (χ2n) is 6.07. The summed E-state index contributed by atoms with van der Waals surface area (Å²) < 4.78 is 41.4. The van der Waals surface area contributed by atoms with Gasteiger partial charge in [-0.2, -0.15) is 0 Å². The van der Waals surface area contributed by atoms with Crippen molar-refractivity contribution in [2.24, 2.45) is 5.92 Å². The first kappa shape index (κ1) is 20.6. The molecule has 0 spiro atoms. The zero-order valence-electron chi connectivity index (χ0n) is 12.9. The fourth-order valence-electron chi connectivity index (χ4n) is 3.77. The van der Waals surface area contributed by atoms with Gasteiger partial charge in [-0.25, -0.2) is 13.2 Å². The first-order chi connectivity index (χ1) is 10.2. The van der Waals surface area contributed by atoms with Crippen LogP contribution in [-0.2, 0) is 0 Å². The predicted octanol–water partition coefficient (Wildman–Crippen LogP) is 4.08. The summed E-state index contributed by atoms with van der Waals surface area (Å²) in [5.74, 6) is -2.37. The van der Waals surface area contributed by atoms with Crippen molar-refractivity contribution in [3.8, 4) is 0 Å². The minimum atomic E-state index is -1.08. The van der Waals surface area contributed by atoms with Crippen LogP contribution in [0.5, 0.6) is 0 Å². The van der Waals surface area contributed by atoms with E-state index in [4.69, 9.17) is 0 Å². The van der Waals surface area contributed by atoms with Crippen LogP contribution in [0.25, 0.3) is 0 Å².